The van der Waals surface area contributed by atoms with Crippen molar-refractivity contribution in [2.24, 2.45) is 23.7 Å². The smallest absolute Gasteiger partial charge is 0.207 e. The van der Waals surface area contributed by atoms with Gasteiger partial charge in [0.05, 0.1) is 0 Å². The Morgan fingerprint density at radius 3 is 1.45 bits per heavy atom. The Hall–Kier alpha value is -0.140. The van der Waals surface area contributed by atoms with Gasteiger partial charge in [0.25, 0.3) is 0 Å². The predicted molar refractivity (Wildman–Crippen MR) is 83.2 cm³/mol. The summed E-state index contributed by atoms with van der Waals surface area (Å²) in [6.07, 6.45) is 9.10. The maximum atomic E-state index is 12.6. The van der Waals surface area contributed by atoms with Crippen molar-refractivity contribution in [3.05, 3.63) is 0 Å². The minimum absolute atomic E-state index is 0.107. The van der Waals surface area contributed by atoms with Gasteiger partial charge in [0, 0.05) is 12.8 Å². The fraction of sp³-hybridized carbons (Fsp3) is 1.00. The molecule has 0 bridgehead atoms. The monoisotopic (exact) mass is 288 g/mol. The van der Waals surface area contributed by atoms with Gasteiger partial charge in [-0.25, -0.2) is 8.78 Å². The van der Waals surface area contributed by atoms with Crippen LogP contribution in [0.15, 0.2) is 0 Å². The van der Waals surface area contributed by atoms with Crippen molar-refractivity contribution >= 4 is 0 Å². The Labute approximate surface area is 124 Å². The zero-order valence-corrected chi connectivity index (χ0v) is 13.9. The van der Waals surface area contributed by atoms with Crippen molar-refractivity contribution in [1.29, 1.82) is 0 Å². The molecule has 2 aliphatic carbocycles. The molecule has 20 heavy (non-hydrogen) atoms. The Kier molecular flexibility index (Phi) is 7.47. The highest BCUT2D eigenvalue weighted by Gasteiger charge is 2.35. The maximum Gasteiger partial charge on any atom is 0.248 e. The van der Waals surface area contributed by atoms with E-state index in [1.54, 1.807) is 0 Å². The molecule has 0 spiro atoms. The van der Waals surface area contributed by atoms with E-state index in [2.05, 4.69) is 27.7 Å². The molecule has 2 heteroatoms. The number of hydrogen-bond donors (Lipinski definition) is 0. The van der Waals surface area contributed by atoms with E-state index in [1.165, 1.54) is 32.1 Å². The second-order valence-electron chi connectivity index (χ2n) is 7.58. The van der Waals surface area contributed by atoms with Gasteiger partial charge in [-0.3, -0.25) is 0 Å². The molecule has 0 aromatic carbocycles. The van der Waals surface area contributed by atoms with E-state index in [4.69, 9.17) is 0 Å². The van der Waals surface area contributed by atoms with Crippen molar-refractivity contribution in [2.75, 3.05) is 0 Å². The molecular weight excluding hydrogens is 254 g/mol. The van der Waals surface area contributed by atoms with Crippen LogP contribution in [0.5, 0.6) is 0 Å². The number of alkyl halides is 2. The molecule has 2 aliphatic rings. The molecule has 120 valence electrons. The van der Waals surface area contributed by atoms with Crippen LogP contribution in [-0.2, 0) is 0 Å². The molecule has 0 unspecified atom stereocenters. The summed E-state index contributed by atoms with van der Waals surface area (Å²) >= 11 is 0. The summed E-state index contributed by atoms with van der Waals surface area (Å²) in [5.74, 6) is 0.746. The van der Waals surface area contributed by atoms with Gasteiger partial charge in [-0.15, -0.1) is 0 Å². The lowest BCUT2D eigenvalue weighted by atomic mass is 9.80. The Bertz CT molecular complexity index is 242. The third-order valence-corrected chi connectivity index (χ3v) is 5.30. The standard InChI is InChI=1S/C9H16F2.C9H18/c1-7(2)8-3-5-9(10,11)6-4-8;1-8(2)9-6-4-3-5-7-9/h7-8H,3-6H2,1-2H3;8-9H,3-7H2,1-2H3. The summed E-state index contributed by atoms with van der Waals surface area (Å²) in [7, 11) is 0. The third-order valence-electron chi connectivity index (χ3n) is 5.30. The van der Waals surface area contributed by atoms with Crippen LogP contribution in [0.3, 0.4) is 0 Å². The lowest BCUT2D eigenvalue weighted by Gasteiger charge is -2.30. The van der Waals surface area contributed by atoms with Gasteiger partial charge in [0.2, 0.25) is 5.92 Å². The van der Waals surface area contributed by atoms with E-state index in [1.807, 2.05) is 0 Å². The van der Waals surface area contributed by atoms with Gasteiger partial charge in [-0.2, -0.15) is 0 Å². The summed E-state index contributed by atoms with van der Waals surface area (Å²) in [4.78, 5) is 0. The molecule has 0 atom stereocenters. The number of hydrogen-bond acceptors (Lipinski definition) is 0. The van der Waals surface area contributed by atoms with Gasteiger partial charge in [0.1, 0.15) is 0 Å². The van der Waals surface area contributed by atoms with E-state index in [0.29, 0.717) is 24.7 Å². The SMILES string of the molecule is CC(C)C1CCC(F)(F)CC1.CC(C)C1CCCCC1. The molecule has 0 amide bonds. The molecule has 0 heterocycles. The quantitative estimate of drug-likeness (QED) is 0.531. The normalized spacial score (nSPS) is 24.6. The highest BCUT2D eigenvalue weighted by atomic mass is 19.3. The largest absolute Gasteiger partial charge is 0.248 e. The summed E-state index contributed by atoms with van der Waals surface area (Å²) in [6.45, 7) is 8.95. The topological polar surface area (TPSA) is 0 Å². The van der Waals surface area contributed by atoms with E-state index < -0.39 is 5.92 Å². The molecule has 2 saturated carbocycles. The van der Waals surface area contributed by atoms with Crippen LogP contribution in [0.1, 0.15) is 85.5 Å². The number of halogens is 2. The van der Waals surface area contributed by atoms with Crippen molar-refractivity contribution in [3.8, 4) is 0 Å². The van der Waals surface area contributed by atoms with E-state index in [9.17, 15) is 8.78 Å². The van der Waals surface area contributed by atoms with Crippen molar-refractivity contribution in [1.82, 2.24) is 0 Å². The minimum Gasteiger partial charge on any atom is -0.207 e. The number of rotatable bonds is 2. The van der Waals surface area contributed by atoms with Crippen LogP contribution in [0.2, 0.25) is 0 Å². The maximum absolute atomic E-state index is 12.6. The minimum atomic E-state index is -2.36. The molecule has 0 aliphatic heterocycles. The van der Waals surface area contributed by atoms with E-state index >= 15 is 0 Å². The summed E-state index contributed by atoms with van der Waals surface area (Å²) < 4.78 is 25.3. The lowest BCUT2D eigenvalue weighted by molar-refractivity contribution is -0.0504. The van der Waals surface area contributed by atoms with Gasteiger partial charge >= 0.3 is 0 Å². The lowest BCUT2D eigenvalue weighted by Crippen LogP contribution is -2.26. The van der Waals surface area contributed by atoms with E-state index in [0.717, 1.165) is 11.8 Å². The first-order valence-electron chi connectivity index (χ1n) is 8.69. The van der Waals surface area contributed by atoms with Crippen LogP contribution in [0, 0.1) is 23.7 Å². The fourth-order valence-corrected chi connectivity index (χ4v) is 3.53. The molecule has 2 rings (SSSR count). The second-order valence-corrected chi connectivity index (χ2v) is 7.58. The van der Waals surface area contributed by atoms with Crippen LogP contribution in [-0.4, -0.2) is 5.92 Å². The molecule has 0 saturated heterocycles. The van der Waals surface area contributed by atoms with Crippen molar-refractivity contribution in [2.45, 2.75) is 91.4 Å². The summed E-state index contributed by atoms with van der Waals surface area (Å²) in [5, 5.41) is 0. The van der Waals surface area contributed by atoms with Crippen LogP contribution in [0.25, 0.3) is 0 Å². The first-order chi connectivity index (χ1) is 9.32. The Morgan fingerprint density at radius 2 is 1.10 bits per heavy atom. The van der Waals surface area contributed by atoms with Gasteiger partial charge < -0.3 is 0 Å². The summed E-state index contributed by atoms with van der Waals surface area (Å²) in [5.41, 5.74) is 0. The molecule has 0 aromatic rings. The van der Waals surface area contributed by atoms with Gasteiger partial charge in [0.15, 0.2) is 0 Å². The van der Waals surface area contributed by atoms with Crippen LogP contribution < -0.4 is 0 Å². The van der Waals surface area contributed by atoms with Crippen LogP contribution in [0.4, 0.5) is 8.78 Å². The average Bonchev–Trinajstić information content (AvgIpc) is 2.40. The highest BCUT2D eigenvalue weighted by molar-refractivity contribution is 4.78. The zero-order valence-electron chi connectivity index (χ0n) is 13.9. The van der Waals surface area contributed by atoms with Gasteiger partial charge in [-0.1, -0.05) is 59.8 Å². The summed E-state index contributed by atoms with van der Waals surface area (Å²) in [6, 6.07) is 0. The predicted octanol–water partition coefficient (Wildman–Crippen LogP) is 6.69. The van der Waals surface area contributed by atoms with Crippen molar-refractivity contribution in [3.63, 3.8) is 0 Å². The van der Waals surface area contributed by atoms with Crippen LogP contribution >= 0.6 is 0 Å². The first kappa shape index (κ1) is 17.9. The molecule has 0 aromatic heterocycles. The fourth-order valence-electron chi connectivity index (χ4n) is 3.53. The van der Waals surface area contributed by atoms with Gasteiger partial charge in [-0.05, 0) is 36.5 Å². The average molecular weight is 288 g/mol. The second kappa shape index (κ2) is 8.34. The molecule has 0 radical (unpaired) electrons. The molecular formula is C18H34F2. The third kappa shape index (κ3) is 6.54. The van der Waals surface area contributed by atoms with Crippen molar-refractivity contribution < 1.29 is 8.78 Å². The Balaban J connectivity index is 0.000000204. The first-order valence-corrected chi connectivity index (χ1v) is 8.69. The zero-order chi connectivity index (χ0) is 15.2. The molecule has 0 N–H and O–H groups in total. The molecule has 2 fully saturated rings. The molecule has 0 nitrogen and oxygen atoms in total. The van der Waals surface area contributed by atoms with E-state index in [-0.39, 0.29) is 12.8 Å². The Morgan fingerprint density at radius 1 is 0.700 bits per heavy atom. The highest BCUT2D eigenvalue weighted by Crippen LogP contribution is 2.38.